The van der Waals surface area contributed by atoms with Gasteiger partial charge in [0.1, 0.15) is 18.1 Å². The highest BCUT2D eigenvalue weighted by Gasteiger charge is 2.19. The number of amides is 3. The van der Waals surface area contributed by atoms with E-state index in [-0.39, 0.29) is 5.92 Å². The normalized spacial score (nSPS) is 13.3. The number of hydrogen-bond acceptors (Lipinski definition) is 9. The number of aliphatic hydroxyl groups is 3. The second-order valence-corrected chi connectivity index (χ2v) is 9.13. The number of aliphatic hydroxyl groups excluding tert-OH is 3. The quantitative estimate of drug-likeness (QED) is 0.134. The molecule has 12 heteroatoms. The van der Waals surface area contributed by atoms with Gasteiger partial charge in [-0.25, -0.2) is 0 Å². The highest BCUT2D eigenvalue weighted by atomic mass is 16.3. The van der Waals surface area contributed by atoms with Gasteiger partial charge < -0.3 is 48.5 Å². The zero-order chi connectivity index (χ0) is 29.2. The van der Waals surface area contributed by atoms with Crippen LogP contribution < -0.4 is 33.2 Å². The summed E-state index contributed by atoms with van der Waals surface area (Å²) in [6, 6.07) is 18.3. The predicted molar refractivity (Wildman–Crippen MR) is 151 cm³/mol. The fraction of sp³-hybridized carbons (Fsp3) is 0.250. The van der Waals surface area contributed by atoms with Crippen molar-refractivity contribution in [2.75, 3.05) is 35.8 Å². The first-order chi connectivity index (χ1) is 19.2. The van der Waals surface area contributed by atoms with Gasteiger partial charge >= 0.3 is 0 Å². The van der Waals surface area contributed by atoms with Gasteiger partial charge in [0.05, 0.1) is 19.8 Å². The largest absolute Gasteiger partial charge is 0.394 e. The van der Waals surface area contributed by atoms with E-state index < -0.39 is 55.7 Å². The highest BCUT2D eigenvalue weighted by Crippen LogP contribution is 2.34. The third-order valence-corrected chi connectivity index (χ3v) is 6.14. The average Bonchev–Trinajstić information content (AvgIpc) is 2.98. The summed E-state index contributed by atoms with van der Waals surface area (Å²) in [6.45, 7) is -1.43. The molecule has 0 bridgehead atoms. The first-order valence-electron chi connectivity index (χ1n) is 12.5. The van der Waals surface area contributed by atoms with Crippen LogP contribution in [0.5, 0.6) is 0 Å². The molecule has 0 aromatic heterocycles. The van der Waals surface area contributed by atoms with Gasteiger partial charge in [0.25, 0.3) is 0 Å². The van der Waals surface area contributed by atoms with E-state index in [0.29, 0.717) is 17.1 Å². The summed E-state index contributed by atoms with van der Waals surface area (Å²) in [4.78, 5) is 36.1. The Morgan fingerprint density at radius 2 is 0.725 bits per heavy atom. The van der Waals surface area contributed by atoms with E-state index in [2.05, 4.69) is 16.0 Å². The Balaban J connectivity index is 1.91. The van der Waals surface area contributed by atoms with Crippen LogP contribution in [0.1, 0.15) is 22.6 Å². The van der Waals surface area contributed by atoms with Crippen molar-refractivity contribution in [3.8, 4) is 0 Å². The monoisotopic (exact) mass is 550 g/mol. The molecule has 12 N–H and O–H groups in total. The van der Waals surface area contributed by atoms with Crippen LogP contribution in [0.15, 0.2) is 72.8 Å². The zero-order valence-electron chi connectivity index (χ0n) is 21.7. The van der Waals surface area contributed by atoms with E-state index in [1.54, 1.807) is 36.4 Å². The van der Waals surface area contributed by atoms with Crippen molar-refractivity contribution in [3.05, 3.63) is 89.5 Å². The van der Waals surface area contributed by atoms with E-state index in [4.69, 9.17) is 32.5 Å². The summed E-state index contributed by atoms with van der Waals surface area (Å²) in [5.41, 5.74) is 20.9. The Morgan fingerprint density at radius 3 is 0.925 bits per heavy atom. The molecule has 3 aromatic carbocycles. The summed E-state index contributed by atoms with van der Waals surface area (Å²) in [6.07, 6.45) is 0. The molecule has 3 aromatic rings. The molecule has 0 radical (unpaired) electrons. The molecule has 0 unspecified atom stereocenters. The van der Waals surface area contributed by atoms with E-state index in [1.807, 2.05) is 36.4 Å². The molecule has 0 spiro atoms. The molecule has 0 heterocycles. The van der Waals surface area contributed by atoms with Crippen LogP contribution in [-0.2, 0) is 14.4 Å². The lowest BCUT2D eigenvalue weighted by molar-refractivity contribution is -0.119. The van der Waals surface area contributed by atoms with Crippen molar-refractivity contribution in [1.29, 1.82) is 0 Å². The van der Waals surface area contributed by atoms with E-state index in [9.17, 15) is 14.4 Å². The van der Waals surface area contributed by atoms with Crippen LogP contribution >= 0.6 is 0 Å². The molecule has 3 atom stereocenters. The van der Waals surface area contributed by atoms with Crippen LogP contribution in [-0.4, -0.2) is 71.0 Å². The van der Waals surface area contributed by atoms with E-state index in [1.165, 1.54) is 0 Å². The van der Waals surface area contributed by atoms with Gasteiger partial charge in [0.15, 0.2) is 0 Å². The fourth-order valence-corrected chi connectivity index (χ4v) is 3.81. The van der Waals surface area contributed by atoms with Gasteiger partial charge in [-0.15, -0.1) is 0 Å². The second-order valence-electron chi connectivity index (χ2n) is 9.13. The number of rotatable bonds is 12. The highest BCUT2D eigenvalue weighted by molar-refractivity contribution is 5.96. The third kappa shape index (κ3) is 7.93. The number of benzene rings is 3. The summed E-state index contributed by atoms with van der Waals surface area (Å²) in [5.74, 6) is -1.81. The lowest BCUT2D eigenvalue weighted by atomic mass is 9.85. The number of nitrogens with two attached hydrogens (primary N) is 3. The third-order valence-electron chi connectivity index (χ3n) is 6.14. The molecule has 0 aliphatic carbocycles. The van der Waals surface area contributed by atoms with Crippen molar-refractivity contribution in [2.45, 2.75) is 24.0 Å². The Bertz CT molecular complexity index is 1120. The number of nitrogens with one attached hydrogen (secondary N) is 3. The van der Waals surface area contributed by atoms with Gasteiger partial charge in [-0.1, -0.05) is 36.4 Å². The molecule has 0 aliphatic rings. The Hall–Kier alpha value is -4.17. The molecule has 0 saturated carbocycles. The molecule has 0 fully saturated rings. The molecule has 0 aliphatic heterocycles. The molecular formula is C28H34N6O6. The van der Waals surface area contributed by atoms with E-state index >= 15 is 0 Å². The first kappa shape index (κ1) is 30.4. The van der Waals surface area contributed by atoms with Crippen LogP contribution in [0.4, 0.5) is 17.1 Å². The van der Waals surface area contributed by atoms with Gasteiger partial charge in [-0.05, 0) is 53.1 Å². The van der Waals surface area contributed by atoms with Gasteiger partial charge in [-0.2, -0.15) is 0 Å². The Kier molecular flexibility index (Phi) is 10.8. The lowest BCUT2D eigenvalue weighted by Gasteiger charge is -2.21. The zero-order valence-corrected chi connectivity index (χ0v) is 21.7. The number of hydrogen-bond donors (Lipinski definition) is 9. The first-order valence-corrected chi connectivity index (χ1v) is 12.5. The summed E-state index contributed by atoms with van der Waals surface area (Å²) in [7, 11) is 0. The number of carbonyl (C=O) groups is 3. The minimum absolute atomic E-state index is 0.279. The molecule has 0 saturated heterocycles. The van der Waals surface area contributed by atoms with Crippen molar-refractivity contribution in [1.82, 2.24) is 0 Å². The van der Waals surface area contributed by atoms with Crippen LogP contribution in [0, 0.1) is 0 Å². The van der Waals surface area contributed by atoms with Gasteiger partial charge in [0.2, 0.25) is 17.7 Å². The molecule has 212 valence electrons. The molecular weight excluding hydrogens is 516 g/mol. The standard InChI is InChI=1S/C28H34N6O6/c29-22(13-35)26(38)32-19-7-1-16(2-8-19)25(17-3-9-20(10-4-17)33-27(39)23(30)14-36)18-5-11-21(12-6-18)34-28(40)24(31)15-37/h1-12,22-25,35-37H,13-15,29-31H2,(H,32,38)(H,33,39)(H,34,40)/t22-,23-,24-/m0/s1. The number of carbonyl (C=O) groups excluding carboxylic acids is 3. The van der Waals surface area contributed by atoms with Crippen molar-refractivity contribution < 1.29 is 29.7 Å². The summed E-state index contributed by atoms with van der Waals surface area (Å²) in [5, 5.41) is 35.3. The maximum absolute atomic E-state index is 12.0. The summed E-state index contributed by atoms with van der Waals surface area (Å²) >= 11 is 0. The Labute approximate surface area is 231 Å². The maximum Gasteiger partial charge on any atom is 0.243 e. The number of anilines is 3. The molecule has 3 amide bonds. The molecule has 40 heavy (non-hydrogen) atoms. The molecule has 3 rings (SSSR count). The fourth-order valence-electron chi connectivity index (χ4n) is 3.81. The Morgan fingerprint density at radius 1 is 0.500 bits per heavy atom. The van der Waals surface area contributed by atoms with Crippen molar-refractivity contribution in [2.24, 2.45) is 17.2 Å². The van der Waals surface area contributed by atoms with Crippen molar-refractivity contribution >= 4 is 34.8 Å². The second kappa shape index (κ2) is 14.3. The predicted octanol–water partition coefficient (Wildman–Crippen LogP) is -0.359. The lowest BCUT2D eigenvalue weighted by Crippen LogP contribution is -2.38. The van der Waals surface area contributed by atoms with E-state index in [0.717, 1.165) is 16.7 Å². The minimum Gasteiger partial charge on any atom is -0.394 e. The van der Waals surface area contributed by atoms with Crippen molar-refractivity contribution in [3.63, 3.8) is 0 Å². The smallest absolute Gasteiger partial charge is 0.243 e. The topological polar surface area (TPSA) is 226 Å². The van der Waals surface area contributed by atoms with Gasteiger partial charge in [-0.3, -0.25) is 14.4 Å². The van der Waals surface area contributed by atoms with Gasteiger partial charge in [0, 0.05) is 23.0 Å². The maximum atomic E-state index is 12.0. The summed E-state index contributed by atoms with van der Waals surface area (Å²) < 4.78 is 0. The van der Waals surface area contributed by atoms with Crippen LogP contribution in [0.2, 0.25) is 0 Å². The van der Waals surface area contributed by atoms with Crippen LogP contribution in [0.25, 0.3) is 0 Å². The minimum atomic E-state index is -1.04. The van der Waals surface area contributed by atoms with Crippen LogP contribution in [0.3, 0.4) is 0 Å². The average molecular weight is 551 g/mol. The molecule has 12 nitrogen and oxygen atoms in total. The SMILES string of the molecule is N[C@@H](CO)C(=O)Nc1ccc(C(c2ccc(NC(=O)[C@@H](N)CO)cc2)c2ccc(NC(=O)[C@@H](N)CO)cc2)cc1.